The van der Waals surface area contributed by atoms with Gasteiger partial charge in [0.05, 0.1) is 6.10 Å². The van der Waals surface area contributed by atoms with Gasteiger partial charge in [0.1, 0.15) is 5.82 Å². The van der Waals surface area contributed by atoms with E-state index in [1.165, 1.54) is 4.90 Å². The van der Waals surface area contributed by atoms with Crippen molar-refractivity contribution in [2.45, 2.75) is 31.4 Å². The van der Waals surface area contributed by atoms with Crippen LogP contribution in [0.5, 0.6) is 0 Å². The van der Waals surface area contributed by atoms with Crippen LogP contribution in [-0.2, 0) is 6.54 Å². The molecule has 0 aliphatic rings. The van der Waals surface area contributed by atoms with Crippen LogP contribution in [0.1, 0.15) is 24.4 Å². The number of rotatable bonds is 5. The average Bonchev–Trinajstić information content (AvgIpc) is 2.76. The number of hydrogen-bond acceptors (Lipinski definition) is 3. The largest absolute Gasteiger partial charge is 0.389 e. The van der Waals surface area contributed by atoms with Gasteiger partial charge in [0, 0.05) is 29.6 Å². The quantitative estimate of drug-likeness (QED) is 0.842. The molecule has 0 aliphatic carbocycles. The molecule has 0 saturated heterocycles. The molecular weight excluding hydrogens is 244 g/mol. The first-order valence-corrected chi connectivity index (χ1v) is 7.04. The lowest BCUT2D eigenvalue weighted by atomic mass is 10.1. The van der Waals surface area contributed by atoms with Crippen molar-refractivity contribution in [2.75, 3.05) is 5.75 Å². The number of nitrogens with zero attached hydrogens (tertiary/aromatic N) is 2. The van der Waals surface area contributed by atoms with Gasteiger partial charge in [-0.3, -0.25) is 0 Å². The minimum absolute atomic E-state index is 0.401. The maximum atomic E-state index is 9.54. The molecule has 1 aromatic carbocycles. The summed E-state index contributed by atoms with van der Waals surface area (Å²) in [5.41, 5.74) is 0.971. The topological polar surface area (TPSA) is 38.0 Å². The molecule has 0 spiro atoms. The molecule has 0 fully saturated rings. The molecule has 1 aromatic heterocycles. The summed E-state index contributed by atoms with van der Waals surface area (Å²) < 4.78 is 2.14. The lowest BCUT2D eigenvalue weighted by Gasteiger charge is -2.08. The molecule has 2 rings (SSSR count). The first kappa shape index (κ1) is 13.2. The van der Waals surface area contributed by atoms with Crippen LogP contribution in [0, 0.1) is 6.92 Å². The molecular formula is C14H18N2OS. The number of aromatic nitrogens is 2. The van der Waals surface area contributed by atoms with E-state index in [0.29, 0.717) is 0 Å². The molecule has 1 N–H and O–H groups in total. The molecule has 0 amide bonds. The van der Waals surface area contributed by atoms with Gasteiger partial charge in [0.2, 0.25) is 0 Å². The SMILES string of the molecule is Cc1nccn1CCSc1cccc(C(C)O)c1. The monoisotopic (exact) mass is 262 g/mol. The number of benzene rings is 1. The van der Waals surface area contributed by atoms with Gasteiger partial charge in [-0.05, 0) is 31.5 Å². The van der Waals surface area contributed by atoms with Gasteiger partial charge in [0.25, 0.3) is 0 Å². The van der Waals surface area contributed by atoms with Crippen LogP contribution in [0.3, 0.4) is 0 Å². The van der Waals surface area contributed by atoms with Crippen molar-refractivity contribution in [3.63, 3.8) is 0 Å². The van der Waals surface area contributed by atoms with Crippen molar-refractivity contribution < 1.29 is 5.11 Å². The number of hydrogen-bond donors (Lipinski definition) is 1. The molecule has 0 aliphatic heterocycles. The Balaban J connectivity index is 1.90. The standard InChI is InChI=1S/C14H18N2OS/c1-11(17)13-4-3-5-14(10-13)18-9-8-16-7-6-15-12(16)2/h3-7,10-11,17H,8-9H2,1-2H3. The number of thioether (sulfide) groups is 1. The second kappa shape index (κ2) is 6.07. The van der Waals surface area contributed by atoms with Crippen molar-refractivity contribution in [2.24, 2.45) is 0 Å². The number of aliphatic hydroxyl groups excluding tert-OH is 1. The van der Waals surface area contributed by atoms with Gasteiger partial charge >= 0.3 is 0 Å². The Hall–Kier alpha value is -1.26. The highest BCUT2D eigenvalue weighted by atomic mass is 32.2. The first-order valence-electron chi connectivity index (χ1n) is 6.05. The van der Waals surface area contributed by atoms with Crippen molar-refractivity contribution in [3.8, 4) is 0 Å². The van der Waals surface area contributed by atoms with E-state index in [1.54, 1.807) is 18.7 Å². The third-order valence-electron chi connectivity index (χ3n) is 2.87. The van der Waals surface area contributed by atoms with E-state index in [0.717, 1.165) is 23.7 Å². The van der Waals surface area contributed by atoms with E-state index in [9.17, 15) is 5.11 Å². The summed E-state index contributed by atoms with van der Waals surface area (Å²) in [5.74, 6) is 2.05. The molecule has 0 bridgehead atoms. The predicted molar refractivity (Wildman–Crippen MR) is 74.8 cm³/mol. The maximum Gasteiger partial charge on any atom is 0.105 e. The van der Waals surface area contributed by atoms with Gasteiger partial charge in [-0.25, -0.2) is 4.98 Å². The summed E-state index contributed by atoms with van der Waals surface area (Å²) in [6.07, 6.45) is 3.43. The molecule has 96 valence electrons. The zero-order valence-electron chi connectivity index (χ0n) is 10.7. The van der Waals surface area contributed by atoms with Crippen molar-refractivity contribution in [1.29, 1.82) is 0 Å². The van der Waals surface area contributed by atoms with Gasteiger partial charge in [0.15, 0.2) is 0 Å². The van der Waals surface area contributed by atoms with Crippen molar-refractivity contribution in [1.82, 2.24) is 9.55 Å². The lowest BCUT2D eigenvalue weighted by molar-refractivity contribution is 0.199. The van der Waals surface area contributed by atoms with E-state index in [-0.39, 0.29) is 0 Å². The predicted octanol–water partition coefficient (Wildman–Crippen LogP) is 3.04. The Bertz CT molecular complexity index is 508. The van der Waals surface area contributed by atoms with Crippen LogP contribution >= 0.6 is 11.8 Å². The van der Waals surface area contributed by atoms with Crippen LogP contribution in [-0.4, -0.2) is 20.4 Å². The minimum atomic E-state index is -0.401. The Labute approximate surface area is 112 Å². The van der Waals surface area contributed by atoms with Crippen LogP contribution < -0.4 is 0 Å². The first-order chi connectivity index (χ1) is 8.66. The third-order valence-corrected chi connectivity index (χ3v) is 3.84. The molecule has 0 saturated carbocycles. The zero-order valence-corrected chi connectivity index (χ0v) is 11.5. The van der Waals surface area contributed by atoms with Crippen LogP contribution in [0.25, 0.3) is 0 Å². The van der Waals surface area contributed by atoms with E-state index in [2.05, 4.69) is 21.7 Å². The Morgan fingerprint density at radius 3 is 2.94 bits per heavy atom. The maximum absolute atomic E-state index is 9.54. The van der Waals surface area contributed by atoms with E-state index >= 15 is 0 Å². The Kier molecular flexibility index (Phi) is 4.44. The Morgan fingerprint density at radius 1 is 1.44 bits per heavy atom. The normalized spacial score (nSPS) is 12.6. The second-order valence-corrected chi connectivity index (χ2v) is 5.43. The Morgan fingerprint density at radius 2 is 2.28 bits per heavy atom. The third kappa shape index (κ3) is 3.37. The van der Waals surface area contributed by atoms with Crippen LogP contribution in [0.4, 0.5) is 0 Å². The van der Waals surface area contributed by atoms with E-state index in [4.69, 9.17) is 0 Å². The van der Waals surface area contributed by atoms with Gasteiger partial charge in [-0.1, -0.05) is 12.1 Å². The summed E-state index contributed by atoms with van der Waals surface area (Å²) in [4.78, 5) is 5.40. The van der Waals surface area contributed by atoms with E-state index in [1.807, 2.05) is 31.5 Å². The van der Waals surface area contributed by atoms with Crippen LogP contribution in [0.2, 0.25) is 0 Å². The molecule has 1 heterocycles. The highest BCUT2D eigenvalue weighted by Crippen LogP contribution is 2.22. The highest BCUT2D eigenvalue weighted by Gasteiger charge is 2.02. The summed E-state index contributed by atoms with van der Waals surface area (Å²) in [5, 5.41) is 9.54. The lowest BCUT2D eigenvalue weighted by Crippen LogP contribution is -2.01. The second-order valence-electron chi connectivity index (χ2n) is 4.26. The number of aryl methyl sites for hydroxylation is 2. The smallest absolute Gasteiger partial charge is 0.105 e. The molecule has 3 nitrogen and oxygen atoms in total. The van der Waals surface area contributed by atoms with Gasteiger partial charge in [-0.2, -0.15) is 0 Å². The molecule has 2 aromatic rings. The molecule has 0 radical (unpaired) electrons. The number of imidazole rings is 1. The van der Waals surface area contributed by atoms with Crippen molar-refractivity contribution in [3.05, 3.63) is 48.0 Å². The fourth-order valence-corrected chi connectivity index (χ4v) is 2.68. The zero-order chi connectivity index (χ0) is 13.0. The van der Waals surface area contributed by atoms with Gasteiger partial charge in [-0.15, -0.1) is 11.8 Å². The summed E-state index contributed by atoms with van der Waals surface area (Å²) >= 11 is 1.80. The summed E-state index contributed by atoms with van der Waals surface area (Å²) in [7, 11) is 0. The molecule has 1 atom stereocenters. The van der Waals surface area contributed by atoms with Crippen molar-refractivity contribution >= 4 is 11.8 Å². The molecule has 4 heteroatoms. The van der Waals surface area contributed by atoms with Gasteiger partial charge < -0.3 is 9.67 Å². The molecule has 18 heavy (non-hydrogen) atoms. The summed E-state index contributed by atoms with van der Waals surface area (Å²) in [6, 6.07) is 8.08. The number of aliphatic hydroxyl groups is 1. The highest BCUT2D eigenvalue weighted by molar-refractivity contribution is 7.99. The fourth-order valence-electron chi connectivity index (χ4n) is 1.77. The summed E-state index contributed by atoms with van der Waals surface area (Å²) in [6.45, 7) is 4.76. The van der Waals surface area contributed by atoms with Crippen LogP contribution in [0.15, 0.2) is 41.6 Å². The molecule has 1 unspecified atom stereocenters. The average molecular weight is 262 g/mol. The fraction of sp³-hybridized carbons (Fsp3) is 0.357. The van der Waals surface area contributed by atoms with E-state index < -0.39 is 6.10 Å². The minimum Gasteiger partial charge on any atom is -0.389 e.